The van der Waals surface area contributed by atoms with E-state index in [1.807, 2.05) is 20.8 Å². The Morgan fingerprint density at radius 3 is 2.28 bits per heavy atom. The number of rotatable bonds is 6. The van der Waals surface area contributed by atoms with Crippen LogP contribution in [0.25, 0.3) is 0 Å². The fourth-order valence-corrected chi connectivity index (χ4v) is 2.69. The lowest BCUT2D eigenvalue weighted by Gasteiger charge is -2.35. The minimum absolute atomic E-state index is 0.0857. The van der Waals surface area contributed by atoms with E-state index in [0.29, 0.717) is 19.5 Å². The predicted molar refractivity (Wildman–Crippen MR) is 104 cm³/mol. The molecule has 0 atom stereocenters. The van der Waals surface area contributed by atoms with Crippen LogP contribution >= 0.6 is 0 Å². The lowest BCUT2D eigenvalue weighted by molar-refractivity contribution is -0.384. The van der Waals surface area contributed by atoms with Gasteiger partial charge in [-0.2, -0.15) is 0 Å². The van der Waals surface area contributed by atoms with Crippen LogP contribution < -0.4 is 4.74 Å². The van der Waals surface area contributed by atoms with E-state index in [2.05, 4.69) is 4.90 Å². The molecule has 0 aromatic heterocycles. The molecule has 10 heteroatoms. The highest BCUT2D eigenvalue weighted by Crippen LogP contribution is 2.17. The summed E-state index contributed by atoms with van der Waals surface area (Å²) < 4.78 is 15.4. The summed E-state index contributed by atoms with van der Waals surface area (Å²) >= 11 is 0. The zero-order valence-electron chi connectivity index (χ0n) is 17.0. The molecule has 0 unspecified atom stereocenters. The van der Waals surface area contributed by atoms with Gasteiger partial charge in [0.15, 0.2) is 0 Å². The third-order valence-corrected chi connectivity index (χ3v) is 4.11. The molecule has 0 radical (unpaired) electrons. The highest BCUT2D eigenvalue weighted by molar-refractivity contribution is 5.68. The molecule has 0 N–H and O–H groups in total. The summed E-state index contributed by atoms with van der Waals surface area (Å²) in [6, 6.07) is 5.17. The Labute approximate surface area is 169 Å². The molecule has 1 aromatic rings. The van der Waals surface area contributed by atoms with E-state index < -0.39 is 16.7 Å². The van der Waals surface area contributed by atoms with Gasteiger partial charge >= 0.3 is 12.2 Å². The van der Waals surface area contributed by atoms with Crippen molar-refractivity contribution < 1.29 is 28.7 Å². The molecule has 0 spiro atoms. The Balaban J connectivity index is 1.60. The number of non-ortho nitro benzene ring substituents is 1. The first-order valence-electron chi connectivity index (χ1n) is 9.43. The second-order valence-corrected chi connectivity index (χ2v) is 7.61. The second kappa shape index (κ2) is 10.1. The summed E-state index contributed by atoms with van der Waals surface area (Å²) in [4.78, 5) is 37.6. The Morgan fingerprint density at radius 2 is 1.72 bits per heavy atom. The molecule has 10 nitrogen and oxygen atoms in total. The summed E-state index contributed by atoms with van der Waals surface area (Å²) in [5, 5.41) is 10.6. The van der Waals surface area contributed by atoms with Gasteiger partial charge in [0.1, 0.15) is 11.4 Å². The van der Waals surface area contributed by atoms with Gasteiger partial charge in [-0.1, -0.05) is 0 Å². The van der Waals surface area contributed by atoms with E-state index in [-0.39, 0.29) is 24.1 Å². The summed E-state index contributed by atoms with van der Waals surface area (Å²) in [5.41, 5.74) is -0.591. The zero-order chi connectivity index (χ0) is 21.4. The van der Waals surface area contributed by atoms with Gasteiger partial charge in [-0.3, -0.25) is 15.0 Å². The van der Waals surface area contributed by atoms with Gasteiger partial charge in [0.25, 0.3) is 5.69 Å². The van der Waals surface area contributed by atoms with Crippen LogP contribution in [0.2, 0.25) is 0 Å². The van der Waals surface area contributed by atoms with Gasteiger partial charge < -0.3 is 19.1 Å². The highest BCUT2D eigenvalue weighted by Gasteiger charge is 2.25. The van der Waals surface area contributed by atoms with Crippen LogP contribution in [-0.4, -0.2) is 71.9 Å². The fraction of sp³-hybridized carbons (Fsp3) is 0.579. The molecule has 1 aromatic carbocycles. The number of carbonyl (C=O) groups is 2. The van der Waals surface area contributed by atoms with E-state index in [1.165, 1.54) is 24.3 Å². The zero-order valence-corrected chi connectivity index (χ0v) is 17.0. The van der Waals surface area contributed by atoms with Crippen molar-refractivity contribution in [1.29, 1.82) is 0 Å². The first-order valence-corrected chi connectivity index (χ1v) is 9.43. The normalized spacial score (nSPS) is 14.9. The highest BCUT2D eigenvalue weighted by atomic mass is 16.7. The van der Waals surface area contributed by atoms with Crippen LogP contribution in [0.4, 0.5) is 15.3 Å². The molecule has 0 aliphatic carbocycles. The first-order chi connectivity index (χ1) is 13.6. The Hall–Kier alpha value is -2.88. The summed E-state index contributed by atoms with van der Waals surface area (Å²) in [6.45, 7) is 9.09. The van der Waals surface area contributed by atoms with Crippen LogP contribution in [0, 0.1) is 10.1 Å². The number of carbonyl (C=O) groups excluding carboxylic acids is 2. The average Bonchev–Trinajstić information content (AvgIpc) is 2.65. The summed E-state index contributed by atoms with van der Waals surface area (Å²) in [7, 11) is 0. The van der Waals surface area contributed by atoms with E-state index in [4.69, 9.17) is 14.2 Å². The molecular formula is C19H27N3O7. The van der Waals surface area contributed by atoms with Crippen molar-refractivity contribution in [2.75, 3.05) is 39.3 Å². The third-order valence-electron chi connectivity index (χ3n) is 4.11. The topological polar surface area (TPSA) is 111 Å². The van der Waals surface area contributed by atoms with Crippen molar-refractivity contribution in [3.8, 4) is 5.75 Å². The minimum Gasteiger partial charge on any atom is -0.444 e. The summed E-state index contributed by atoms with van der Waals surface area (Å²) in [5.74, 6) is 0.180. The molecule has 1 aliphatic rings. The maximum absolute atomic E-state index is 12.0. The number of amides is 1. The second-order valence-electron chi connectivity index (χ2n) is 7.61. The number of ether oxygens (including phenoxy) is 3. The monoisotopic (exact) mass is 409 g/mol. The molecule has 29 heavy (non-hydrogen) atoms. The van der Waals surface area contributed by atoms with Crippen molar-refractivity contribution >= 4 is 17.9 Å². The number of nitrogens with zero attached hydrogens (tertiary/aromatic N) is 3. The molecule has 0 bridgehead atoms. The average molecular weight is 409 g/mol. The smallest absolute Gasteiger partial charge is 0.444 e. The number of hydrogen-bond acceptors (Lipinski definition) is 8. The predicted octanol–water partition coefficient (Wildman–Crippen LogP) is 3.05. The molecule has 1 fully saturated rings. The van der Waals surface area contributed by atoms with Gasteiger partial charge in [0.2, 0.25) is 0 Å². The number of piperazine rings is 1. The molecule has 2 rings (SSSR count). The first kappa shape index (κ1) is 22.4. The van der Waals surface area contributed by atoms with Crippen molar-refractivity contribution in [3.05, 3.63) is 34.4 Å². The molecule has 0 saturated carbocycles. The maximum atomic E-state index is 12.0. The molecule has 1 heterocycles. The molecular weight excluding hydrogens is 382 g/mol. The van der Waals surface area contributed by atoms with Crippen molar-refractivity contribution in [3.63, 3.8) is 0 Å². The molecule has 1 saturated heterocycles. The van der Waals surface area contributed by atoms with Crippen LogP contribution in [0.5, 0.6) is 5.75 Å². The van der Waals surface area contributed by atoms with Crippen molar-refractivity contribution in [2.24, 2.45) is 0 Å². The molecule has 160 valence electrons. The van der Waals surface area contributed by atoms with E-state index in [1.54, 1.807) is 4.90 Å². The largest absolute Gasteiger partial charge is 0.513 e. The number of benzene rings is 1. The van der Waals surface area contributed by atoms with E-state index in [0.717, 1.165) is 19.6 Å². The minimum atomic E-state index is -0.853. The van der Waals surface area contributed by atoms with Crippen LogP contribution in [-0.2, 0) is 9.47 Å². The van der Waals surface area contributed by atoms with Gasteiger partial charge in [-0.15, -0.1) is 0 Å². The van der Waals surface area contributed by atoms with E-state index >= 15 is 0 Å². The van der Waals surface area contributed by atoms with Crippen molar-refractivity contribution in [2.45, 2.75) is 32.8 Å². The van der Waals surface area contributed by atoms with Crippen LogP contribution in [0.3, 0.4) is 0 Å². The Morgan fingerprint density at radius 1 is 1.10 bits per heavy atom. The number of hydrogen-bond donors (Lipinski definition) is 0. The molecule has 1 amide bonds. The van der Waals surface area contributed by atoms with Crippen LogP contribution in [0.15, 0.2) is 24.3 Å². The lowest BCUT2D eigenvalue weighted by Crippen LogP contribution is -2.50. The Kier molecular flexibility index (Phi) is 7.77. The van der Waals surface area contributed by atoms with Gasteiger partial charge in [0, 0.05) is 44.9 Å². The SMILES string of the molecule is CC(C)(C)OC(=O)N1CCN(CCCOC(=O)Oc2ccc([N+](=O)[O-])cc2)CC1. The third kappa shape index (κ3) is 7.94. The van der Waals surface area contributed by atoms with Gasteiger partial charge in [-0.05, 0) is 39.3 Å². The maximum Gasteiger partial charge on any atom is 0.513 e. The van der Waals surface area contributed by atoms with Crippen LogP contribution in [0.1, 0.15) is 27.2 Å². The Bertz CT molecular complexity index is 708. The standard InChI is InChI=1S/C19H27N3O7/c1-19(2,3)29-17(23)21-12-10-20(11-13-21)9-4-14-27-18(24)28-16-7-5-15(6-8-16)22(25)26/h5-8H,4,9-14H2,1-3H3. The van der Waals surface area contributed by atoms with E-state index in [9.17, 15) is 19.7 Å². The number of nitro benzene ring substituents is 1. The quantitative estimate of drug-likeness (QED) is 0.232. The lowest BCUT2D eigenvalue weighted by atomic mass is 10.2. The number of nitro groups is 1. The fourth-order valence-electron chi connectivity index (χ4n) is 2.69. The van der Waals surface area contributed by atoms with Gasteiger partial charge in [-0.25, -0.2) is 9.59 Å². The van der Waals surface area contributed by atoms with Gasteiger partial charge in [0.05, 0.1) is 11.5 Å². The molecule has 1 aliphatic heterocycles. The van der Waals surface area contributed by atoms with Crippen molar-refractivity contribution in [1.82, 2.24) is 9.80 Å². The summed E-state index contributed by atoms with van der Waals surface area (Å²) in [6.07, 6.45) is -0.523.